The third kappa shape index (κ3) is 2.99. The molecule has 0 saturated carbocycles. The molecule has 3 rings (SSSR count). The standard InChI is InChI=1S/C20H19N3O/c1-3-14-22(17-10-6-4-7-11-17)20(24)19-15-21-23(16(19)2)18-12-8-5-9-13-18/h3-13,15H,1,14H2,2H3. The smallest absolute Gasteiger partial charge is 0.262 e. The Morgan fingerprint density at radius 2 is 1.75 bits per heavy atom. The summed E-state index contributed by atoms with van der Waals surface area (Å²) < 4.78 is 1.78. The summed E-state index contributed by atoms with van der Waals surface area (Å²) >= 11 is 0. The molecule has 4 heteroatoms. The van der Waals surface area contributed by atoms with E-state index in [4.69, 9.17) is 0 Å². The molecule has 4 nitrogen and oxygen atoms in total. The van der Waals surface area contributed by atoms with Gasteiger partial charge in [0.1, 0.15) is 0 Å². The SMILES string of the molecule is C=CCN(C(=O)c1cnn(-c2ccccc2)c1C)c1ccccc1. The van der Waals surface area contributed by atoms with Gasteiger partial charge in [-0.25, -0.2) is 4.68 Å². The molecule has 0 atom stereocenters. The number of hydrogen-bond donors (Lipinski definition) is 0. The first-order chi connectivity index (χ1) is 11.7. The fraction of sp³-hybridized carbons (Fsp3) is 0.100. The van der Waals surface area contributed by atoms with Crippen molar-refractivity contribution in [2.45, 2.75) is 6.92 Å². The number of anilines is 1. The normalized spacial score (nSPS) is 10.4. The van der Waals surface area contributed by atoms with Crippen molar-refractivity contribution in [2.75, 3.05) is 11.4 Å². The Morgan fingerprint density at radius 3 is 2.38 bits per heavy atom. The van der Waals surface area contributed by atoms with Crippen molar-refractivity contribution in [1.82, 2.24) is 9.78 Å². The van der Waals surface area contributed by atoms with E-state index in [1.54, 1.807) is 21.9 Å². The zero-order chi connectivity index (χ0) is 16.9. The van der Waals surface area contributed by atoms with Crippen molar-refractivity contribution in [3.8, 4) is 5.69 Å². The maximum absolute atomic E-state index is 13.0. The monoisotopic (exact) mass is 317 g/mol. The van der Waals surface area contributed by atoms with Crippen LogP contribution in [-0.4, -0.2) is 22.2 Å². The molecule has 2 aromatic carbocycles. The van der Waals surface area contributed by atoms with Crippen LogP contribution in [0.5, 0.6) is 0 Å². The third-order valence-corrected chi connectivity index (χ3v) is 3.87. The first-order valence-electron chi connectivity index (χ1n) is 7.80. The molecule has 1 amide bonds. The van der Waals surface area contributed by atoms with Gasteiger partial charge < -0.3 is 4.90 Å². The Bertz CT molecular complexity index is 838. The summed E-state index contributed by atoms with van der Waals surface area (Å²) in [5.74, 6) is -0.0826. The van der Waals surface area contributed by atoms with E-state index in [-0.39, 0.29) is 5.91 Å². The lowest BCUT2D eigenvalue weighted by atomic mass is 10.2. The fourth-order valence-corrected chi connectivity index (χ4v) is 2.64. The van der Waals surface area contributed by atoms with Crippen molar-refractivity contribution < 1.29 is 4.79 Å². The van der Waals surface area contributed by atoms with E-state index in [9.17, 15) is 4.79 Å². The molecule has 0 saturated heterocycles. The van der Waals surface area contributed by atoms with Gasteiger partial charge in [0.05, 0.1) is 23.1 Å². The van der Waals surface area contributed by atoms with Crippen molar-refractivity contribution in [3.63, 3.8) is 0 Å². The third-order valence-electron chi connectivity index (χ3n) is 3.87. The largest absolute Gasteiger partial charge is 0.304 e. The molecular weight excluding hydrogens is 298 g/mol. The highest BCUT2D eigenvalue weighted by atomic mass is 16.2. The summed E-state index contributed by atoms with van der Waals surface area (Å²) in [5.41, 5.74) is 3.18. The molecule has 0 radical (unpaired) electrons. The molecule has 120 valence electrons. The minimum atomic E-state index is -0.0826. The molecule has 0 fully saturated rings. The van der Waals surface area contributed by atoms with Crippen molar-refractivity contribution >= 4 is 11.6 Å². The predicted molar refractivity (Wildman–Crippen MR) is 96.6 cm³/mol. The van der Waals surface area contributed by atoms with Crippen LogP contribution in [0.15, 0.2) is 79.5 Å². The van der Waals surface area contributed by atoms with E-state index < -0.39 is 0 Å². The second-order valence-electron chi connectivity index (χ2n) is 5.43. The summed E-state index contributed by atoms with van der Waals surface area (Å²) in [7, 11) is 0. The Kier molecular flexibility index (Phi) is 4.57. The zero-order valence-electron chi connectivity index (χ0n) is 13.6. The highest BCUT2D eigenvalue weighted by Gasteiger charge is 2.21. The molecule has 0 spiro atoms. The number of amides is 1. The summed E-state index contributed by atoms with van der Waals surface area (Å²) in [4.78, 5) is 14.7. The van der Waals surface area contributed by atoms with Crippen LogP contribution in [0.1, 0.15) is 16.1 Å². The van der Waals surface area contributed by atoms with E-state index in [0.717, 1.165) is 17.1 Å². The van der Waals surface area contributed by atoms with Crippen LogP contribution in [-0.2, 0) is 0 Å². The van der Waals surface area contributed by atoms with Gasteiger partial charge in [0.2, 0.25) is 0 Å². The van der Waals surface area contributed by atoms with Crippen LogP contribution in [0.2, 0.25) is 0 Å². The van der Waals surface area contributed by atoms with Crippen LogP contribution in [0, 0.1) is 6.92 Å². The molecule has 0 aliphatic heterocycles. The van der Waals surface area contributed by atoms with Crippen molar-refractivity contribution in [2.24, 2.45) is 0 Å². The number of carbonyl (C=O) groups is 1. The number of rotatable bonds is 5. The van der Waals surface area contributed by atoms with E-state index in [2.05, 4.69) is 11.7 Å². The summed E-state index contributed by atoms with van der Waals surface area (Å²) in [6.07, 6.45) is 3.35. The first kappa shape index (κ1) is 15.7. The van der Waals surface area contributed by atoms with Crippen molar-refractivity contribution in [1.29, 1.82) is 0 Å². The number of para-hydroxylation sites is 2. The first-order valence-corrected chi connectivity index (χ1v) is 7.80. The number of hydrogen-bond acceptors (Lipinski definition) is 2. The number of nitrogens with zero attached hydrogens (tertiary/aromatic N) is 3. The van der Waals surface area contributed by atoms with Gasteiger partial charge in [0, 0.05) is 12.2 Å². The number of benzene rings is 2. The topological polar surface area (TPSA) is 38.1 Å². The molecule has 0 N–H and O–H groups in total. The van der Waals surface area contributed by atoms with Gasteiger partial charge in [-0.1, -0.05) is 42.5 Å². The van der Waals surface area contributed by atoms with Crippen LogP contribution < -0.4 is 4.90 Å². The predicted octanol–water partition coefficient (Wildman–Crippen LogP) is 4.01. The lowest BCUT2D eigenvalue weighted by Gasteiger charge is -2.21. The molecule has 0 aliphatic carbocycles. The van der Waals surface area contributed by atoms with Crippen LogP contribution in [0.25, 0.3) is 5.69 Å². The van der Waals surface area contributed by atoms with Gasteiger partial charge >= 0.3 is 0 Å². The van der Waals surface area contributed by atoms with Gasteiger partial charge in [-0.15, -0.1) is 6.58 Å². The average molecular weight is 317 g/mol. The highest BCUT2D eigenvalue weighted by molar-refractivity contribution is 6.06. The molecule has 24 heavy (non-hydrogen) atoms. The highest BCUT2D eigenvalue weighted by Crippen LogP contribution is 2.20. The lowest BCUT2D eigenvalue weighted by molar-refractivity contribution is 0.0989. The Labute approximate surface area is 141 Å². The van der Waals surface area contributed by atoms with E-state index >= 15 is 0 Å². The van der Waals surface area contributed by atoms with Gasteiger partial charge in [-0.2, -0.15) is 5.10 Å². The fourth-order valence-electron chi connectivity index (χ4n) is 2.64. The number of carbonyl (C=O) groups excluding carboxylic acids is 1. The molecule has 1 heterocycles. The molecule has 0 aliphatic rings. The molecule has 0 unspecified atom stereocenters. The molecule has 3 aromatic rings. The van der Waals surface area contributed by atoms with E-state index in [1.165, 1.54) is 0 Å². The minimum absolute atomic E-state index is 0.0826. The maximum atomic E-state index is 13.0. The average Bonchev–Trinajstić information content (AvgIpc) is 3.02. The van der Waals surface area contributed by atoms with Gasteiger partial charge in [-0.05, 0) is 31.2 Å². The maximum Gasteiger partial charge on any atom is 0.262 e. The Balaban J connectivity index is 1.97. The zero-order valence-corrected chi connectivity index (χ0v) is 13.6. The van der Waals surface area contributed by atoms with E-state index in [0.29, 0.717) is 12.1 Å². The van der Waals surface area contributed by atoms with Crippen molar-refractivity contribution in [3.05, 3.63) is 90.8 Å². The van der Waals surface area contributed by atoms with Gasteiger partial charge in [0.15, 0.2) is 0 Å². The Morgan fingerprint density at radius 1 is 1.12 bits per heavy atom. The summed E-state index contributed by atoms with van der Waals surface area (Å²) in [6.45, 7) is 6.11. The summed E-state index contributed by atoms with van der Waals surface area (Å²) in [6, 6.07) is 19.4. The second kappa shape index (κ2) is 6.96. The lowest BCUT2D eigenvalue weighted by Crippen LogP contribution is -2.31. The van der Waals surface area contributed by atoms with Gasteiger partial charge in [-0.3, -0.25) is 4.79 Å². The molecular formula is C20H19N3O. The van der Waals surface area contributed by atoms with Gasteiger partial charge in [0.25, 0.3) is 5.91 Å². The van der Waals surface area contributed by atoms with Crippen LogP contribution in [0.3, 0.4) is 0 Å². The quantitative estimate of drug-likeness (QED) is 0.667. The summed E-state index contributed by atoms with van der Waals surface area (Å²) in [5, 5.41) is 4.39. The van der Waals surface area contributed by atoms with Crippen LogP contribution >= 0.6 is 0 Å². The number of aromatic nitrogens is 2. The Hall–Kier alpha value is -3.14. The molecule has 1 aromatic heterocycles. The second-order valence-corrected chi connectivity index (χ2v) is 5.43. The van der Waals surface area contributed by atoms with E-state index in [1.807, 2.05) is 67.6 Å². The van der Waals surface area contributed by atoms with Crippen LogP contribution in [0.4, 0.5) is 5.69 Å². The minimum Gasteiger partial charge on any atom is -0.304 e. The molecule has 0 bridgehead atoms.